The Morgan fingerprint density at radius 1 is 1.04 bits per heavy atom. The molecule has 2 atom stereocenters. The summed E-state index contributed by atoms with van der Waals surface area (Å²) < 4.78 is 5.25. The van der Waals surface area contributed by atoms with Gasteiger partial charge in [-0.3, -0.25) is 4.79 Å². The summed E-state index contributed by atoms with van der Waals surface area (Å²) in [5.41, 5.74) is 2.05. The maximum absolute atomic E-state index is 12.4. The Labute approximate surface area is 141 Å². The first-order valence-electron chi connectivity index (χ1n) is 8.08. The van der Waals surface area contributed by atoms with Crippen LogP contribution in [0.4, 0.5) is 4.79 Å². The highest BCUT2D eigenvalue weighted by molar-refractivity contribution is 5.88. The number of ether oxygens (including phenoxy) is 1. The van der Waals surface area contributed by atoms with E-state index in [1.807, 2.05) is 48.5 Å². The second-order valence-electron chi connectivity index (χ2n) is 5.74. The van der Waals surface area contributed by atoms with Gasteiger partial charge >= 0.3 is 6.09 Å². The standard InChI is InChI=1S/C19H20N2O3/c22-18(20-13-7-10-14-8-3-1-4-9-14)16-17(24-19(23)21-16)15-11-5-2-6-12-15/h1-6,8-9,11-12,16-17H,7,10,13H2,(H,20,22)(H,21,23). The molecule has 0 radical (unpaired) electrons. The molecule has 3 rings (SSSR count). The molecule has 0 aliphatic carbocycles. The second kappa shape index (κ2) is 7.64. The minimum atomic E-state index is -0.698. The molecule has 1 aliphatic rings. The van der Waals surface area contributed by atoms with Crippen molar-refractivity contribution in [3.05, 3.63) is 71.8 Å². The SMILES string of the molecule is O=C1NC(C(=O)NCCCc2ccccc2)C(c2ccccc2)O1. The molecule has 2 aromatic carbocycles. The molecule has 1 aliphatic heterocycles. The van der Waals surface area contributed by atoms with Crippen LogP contribution in [0.2, 0.25) is 0 Å². The van der Waals surface area contributed by atoms with Gasteiger partial charge in [-0.25, -0.2) is 4.79 Å². The Morgan fingerprint density at radius 3 is 2.42 bits per heavy atom. The van der Waals surface area contributed by atoms with Crippen LogP contribution in [0.15, 0.2) is 60.7 Å². The third-order valence-corrected chi connectivity index (χ3v) is 4.00. The summed E-state index contributed by atoms with van der Waals surface area (Å²) in [5.74, 6) is -0.220. The molecule has 0 aromatic heterocycles. The second-order valence-corrected chi connectivity index (χ2v) is 5.74. The van der Waals surface area contributed by atoms with Crippen molar-refractivity contribution in [1.29, 1.82) is 0 Å². The maximum Gasteiger partial charge on any atom is 0.408 e. The average Bonchev–Trinajstić information content (AvgIpc) is 3.02. The lowest BCUT2D eigenvalue weighted by Gasteiger charge is -2.17. The van der Waals surface area contributed by atoms with Crippen LogP contribution in [0.25, 0.3) is 0 Å². The number of rotatable bonds is 6. The van der Waals surface area contributed by atoms with Crippen molar-refractivity contribution in [1.82, 2.24) is 10.6 Å². The number of benzene rings is 2. The third kappa shape index (κ3) is 3.93. The molecule has 2 amide bonds. The Morgan fingerprint density at radius 2 is 1.71 bits per heavy atom. The lowest BCUT2D eigenvalue weighted by molar-refractivity contribution is -0.124. The lowest BCUT2D eigenvalue weighted by Crippen LogP contribution is -2.44. The monoisotopic (exact) mass is 324 g/mol. The number of nitrogens with one attached hydrogen (secondary N) is 2. The molecule has 0 saturated carbocycles. The first-order chi connectivity index (χ1) is 11.7. The fourth-order valence-corrected chi connectivity index (χ4v) is 2.79. The van der Waals surface area contributed by atoms with Crippen molar-refractivity contribution >= 4 is 12.0 Å². The number of aryl methyl sites for hydroxylation is 1. The van der Waals surface area contributed by atoms with E-state index < -0.39 is 18.2 Å². The normalized spacial score (nSPS) is 19.4. The Bertz CT molecular complexity index is 688. The van der Waals surface area contributed by atoms with Gasteiger partial charge < -0.3 is 15.4 Å². The van der Waals surface area contributed by atoms with E-state index in [-0.39, 0.29) is 5.91 Å². The molecule has 5 heteroatoms. The van der Waals surface area contributed by atoms with Gasteiger partial charge in [0.25, 0.3) is 0 Å². The quantitative estimate of drug-likeness (QED) is 0.803. The van der Waals surface area contributed by atoms with Gasteiger partial charge in [-0.15, -0.1) is 0 Å². The first-order valence-corrected chi connectivity index (χ1v) is 8.08. The summed E-state index contributed by atoms with van der Waals surface area (Å²) in [5, 5.41) is 5.47. The highest BCUT2D eigenvalue weighted by atomic mass is 16.6. The van der Waals surface area contributed by atoms with E-state index >= 15 is 0 Å². The summed E-state index contributed by atoms with van der Waals surface area (Å²) in [6.45, 7) is 0.557. The van der Waals surface area contributed by atoms with Crippen LogP contribution in [0.5, 0.6) is 0 Å². The summed E-state index contributed by atoms with van der Waals surface area (Å²) in [6.07, 6.45) is 0.588. The fourth-order valence-electron chi connectivity index (χ4n) is 2.79. The van der Waals surface area contributed by atoms with E-state index in [1.165, 1.54) is 5.56 Å². The van der Waals surface area contributed by atoms with Gasteiger partial charge in [0, 0.05) is 6.54 Å². The van der Waals surface area contributed by atoms with Gasteiger partial charge in [0.15, 0.2) is 12.1 Å². The largest absolute Gasteiger partial charge is 0.439 e. The van der Waals surface area contributed by atoms with Crippen molar-refractivity contribution in [2.24, 2.45) is 0 Å². The minimum absolute atomic E-state index is 0.220. The molecule has 24 heavy (non-hydrogen) atoms. The number of hydrogen-bond donors (Lipinski definition) is 2. The predicted octanol–water partition coefficient (Wildman–Crippen LogP) is 2.59. The van der Waals surface area contributed by atoms with Gasteiger partial charge in [0.2, 0.25) is 5.91 Å². The maximum atomic E-state index is 12.4. The third-order valence-electron chi connectivity index (χ3n) is 4.00. The zero-order valence-corrected chi connectivity index (χ0v) is 13.3. The zero-order chi connectivity index (χ0) is 16.8. The van der Waals surface area contributed by atoms with Crippen molar-refractivity contribution in [3.63, 3.8) is 0 Å². The lowest BCUT2D eigenvalue weighted by atomic mass is 10.0. The number of carbonyl (C=O) groups excluding carboxylic acids is 2. The predicted molar refractivity (Wildman–Crippen MR) is 90.4 cm³/mol. The molecule has 1 fully saturated rings. The van der Waals surface area contributed by atoms with Crippen molar-refractivity contribution in [2.75, 3.05) is 6.54 Å². The van der Waals surface area contributed by atoms with Crippen LogP contribution in [-0.4, -0.2) is 24.6 Å². The molecule has 2 unspecified atom stereocenters. The highest BCUT2D eigenvalue weighted by Gasteiger charge is 2.39. The molecule has 2 aromatic rings. The van der Waals surface area contributed by atoms with E-state index in [2.05, 4.69) is 22.8 Å². The number of amides is 2. The van der Waals surface area contributed by atoms with E-state index in [4.69, 9.17) is 4.74 Å². The number of alkyl carbamates (subject to hydrolysis) is 1. The van der Waals surface area contributed by atoms with Gasteiger partial charge in [0.1, 0.15) is 0 Å². The van der Waals surface area contributed by atoms with E-state index in [1.54, 1.807) is 0 Å². The van der Waals surface area contributed by atoms with E-state index in [9.17, 15) is 9.59 Å². The fraction of sp³-hybridized carbons (Fsp3) is 0.263. The molecule has 1 saturated heterocycles. The average molecular weight is 324 g/mol. The van der Waals surface area contributed by atoms with Crippen LogP contribution in [0.3, 0.4) is 0 Å². The molecular weight excluding hydrogens is 304 g/mol. The van der Waals surface area contributed by atoms with Crippen LogP contribution in [0.1, 0.15) is 23.7 Å². The van der Waals surface area contributed by atoms with Crippen molar-refractivity contribution in [2.45, 2.75) is 25.0 Å². The van der Waals surface area contributed by atoms with E-state index in [0.29, 0.717) is 6.54 Å². The smallest absolute Gasteiger partial charge is 0.408 e. The Hall–Kier alpha value is -2.82. The van der Waals surface area contributed by atoms with Gasteiger partial charge in [-0.2, -0.15) is 0 Å². The van der Waals surface area contributed by atoms with Crippen molar-refractivity contribution < 1.29 is 14.3 Å². The molecule has 0 spiro atoms. The zero-order valence-electron chi connectivity index (χ0n) is 13.3. The highest BCUT2D eigenvalue weighted by Crippen LogP contribution is 2.26. The van der Waals surface area contributed by atoms with E-state index in [0.717, 1.165) is 18.4 Å². The summed E-state index contributed by atoms with van der Waals surface area (Å²) in [4.78, 5) is 23.9. The topological polar surface area (TPSA) is 67.4 Å². The molecule has 1 heterocycles. The Kier molecular flexibility index (Phi) is 5.11. The Balaban J connectivity index is 1.52. The van der Waals surface area contributed by atoms with Gasteiger partial charge in [0.05, 0.1) is 0 Å². The summed E-state index contributed by atoms with van der Waals surface area (Å²) >= 11 is 0. The van der Waals surface area contributed by atoms with Gasteiger partial charge in [-0.1, -0.05) is 60.7 Å². The number of carbonyl (C=O) groups is 2. The minimum Gasteiger partial charge on any atom is -0.439 e. The number of hydrogen-bond acceptors (Lipinski definition) is 3. The molecule has 0 bridgehead atoms. The summed E-state index contributed by atoms with van der Waals surface area (Å²) in [7, 11) is 0. The van der Waals surface area contributed by atoms with Crippen LogP contribution in [-0.2, 0) is 16.0 Å². The number of cyclic esters (lactones) is 1. The van der Waals surface area contributed by atoms with Crippen molar-refractivity contribution in [3.8, 4) is 0 Å². The molecular formula is C19H20N2O3. The first kappa shape index (κ1) is 16.1. The molecule has 5 nitrogen and oxygen atoms in total. The van der Waals surface area contributed by atoms with Gasteiger partial charge in [-0.05, 0) is 24.0 Å². The summed E-state index contributed by atoms with van der Waals surface area (Å²) in [6, 6.07) is 18.7. The van der Waals surface area contributed by atoms with Crippen LogP contribution in [0, 0.1) is 0 Å². The molecule has 2 N–H and O–H groups in total. The van der Waals surface area contributed by atoms with Crippen LogP contribution >= 0.6 is 0 Å². The molecule has 124 valence electrons. The van der Waals surface area contributed by atoms with Crippen LogP contribution < -0.4 is 10.6 Å².